The van der Waals surface area contributed by atoms with Crippen LogP contribution in [0.4, 0.5) is 0 Å². The number of nitrogens with one attached hydrogen (secondary N) is 1. The number of carbonyl (C=O) groups excluding carboxylic acids is 1. The summed E-state index contributed by atoms with van der Waals surface area (Å²) in [5, 5.41) is 3.07. The SMILES string of the molecule is CC(N)C(C)C(=O)NC(CN)C1CCCCC1. The predicted octanol–water partition coefficient (Wildman–Crippen LogP) is 0.994. The summed E-state index contributed by atoms with van der Waals surface area (Å²) in [6, 6.07) is 0.0174. The van der Waals surface area contributed by atoms with Gasteiger partial charge < -0.3 is 16.8 Å². The summed E-state index contributed by atoms with van der Waals surface area (Å²) in [5.41, 5.74) is 11.5. The van der Waals surface area contributed by atoms with Crippen LogP contribution in [0.2, 0.25) is 0 Å². The van der Waals surface area contributed by atoms with E-state index < -0.39 is 0 Å². The van der Waals surface area contributed by atoms with Crippen molar-refractivity contribution in [3.63, 3.8) is 0 Å². The van der Waals surface area contributed by atoms with Gasteiger partial charge in [0.15, 0.2) is 0 Å². The Bertz CT molecular complexity index is 237. The Labute approximate surface area is 105 Å². The van der Waals surface area contributed by atoms with Crippen LogP contribution in [0.15, 0.2) is 0 Å². The average molecular weight is 241 g/mol. The first-order chi connectivity index (χ1) is 8.06. The van der Waals surface area contributed by atoms with Crippen LogP contribution in [-0.4, -0.2) is 24.5 Å². The maximum absolute atomic E-state index is 11.9. The zero-order valence-corrected chi connectivity index (χ0v) is 11.1. The summed E-state index contributed by atoms with van der Waals surface area (Å²) in [4.78, 5) is 11.9. The van der Waals surface area contributed by atoms with E-state index in [4.69, 9.17) is 11.5 Å². The lowest BCUT2D eigenvalue weighted by atomic mass is 9.83. The van der Waals surface area contributed by atoms with Gasteiger partial charge in [-0.15, -0.1) is 0 Å². The highest BCUT2D eigenvalue weighted by atomic mass is 16.2. The van der Waals surface area contributed by atoms with Crippen molar-refractivity contribution < 1.29 is 4.79 Å². The van der Waals surface area contributed by atoms with Gasteiger partial charge in [-0.2, -0.15) is 0 Å². The minimum Gasteiger partial charge on any atom is -0.352 e. The van der Waals surface area contributed by atoms with Crippen LogP contribution in [0, 0.1) is 11.8 Å². The molecule has 0 spiro atoms. The maximum Gasteiger partial charge on any atom is 0.224 e. The minimum absolute atomic E-state index is 0.0426. The molecule has 1 aliphatic rings. The molecular weight excluding hydrogens is 214 g/mol. The van der Waals surface area contributed by atoms with Gasteiger partial charge in [0, 0.05) is 24.5 Å². The molecule has 1 saturated carbocycles. The van der Waals surface area contributed by atoms with Crippen LogP contribution in [0.25, 0.3) is 0 Å². The first kappa shape index (κ1) is 14.5. The molecule has 3 unspecified atom stereocenters. The van der Waals surface area contributed by atoms with Crippen molar-refractivity contribution in [2.24, 2.45) is 23.3 Å². The van der Waals surface area contributed by atoms with Crippen molar-refractivity contribution in [2.75, 3.05) is 6.54 Å². The fourth-order valence-corrected chi connectivity index (χ4v) is 2.46. The standard InChI is InChI=1S/C13H27N3O/c1-9(10(2)15)13(17)16-12(8-14)11-6-4-3-5-7-11/h9-12H,3-8,14-15H2,1-2H3,(H,16,17). The molecule has 5 N–H and O–H groups in total. The number of hydrogen-bond donors (Lipinski definition) is 3. The third-order valence-electron chi connectivity index (χ3n) is 4.00. The molecule has 1 amide bonds. The molecule has 0 aliphatic heterocycles. The van der Waals surface area contributed by atoms with Crippen molar-refractivity contribution in [3.8, 4) is 0 Å². The van der Waals surface area contributed by atoms with Crippen LogP contribution in [0.3, 0.4) is 0 Å². The van der Waals surface area contributed by atoms with Gasteiger partial charge in [-0.05, 0) is 25.7 Å². The molecule has 17 heavy (non-hydrogen) atoms. The van der Waals surface area contributed by atoms with E-state index >= 15 is 0 Å². The fourth-order valence-electron chi connectivity index (χ4n) is 2.46. The van der Waals surface area contributed by atoms with Crippen LogP contribution in [-0.2, 0) is 4.79 Å². The molecule has 0 heterocycles. The van der Waals surface area contributed by atoms with Crippen LogP contribution >= 0.6 is 0 Å². The van der Waals surface area contributed by atoms with Gasteiger partial charge >= 0.3 is 0 Å². The van der Waals surface area contributed by atoms with Gasteiger partial charge in [0.2, 0.25) is 5.91 Å². The smallest absolute Gasteiger partial charge is 0.224 e. The summed E-state index contributed by atoms with van der Waals surface area (Å²) in [6.07, 6.45) is 6.22. The van der Waals surface area contributed by atoms with Crippen molar-refractivity contribution in [1.82, 2.24) is 5.32 Å². The Hall–Kier alpha value is -0.610. The number of hydrogen-bond acceptors (Lipinski definition) is 3. The van der Waals surface area contributed by atoms with Gasteiger partial charge in [-0.3, -0.25) is 4.79 Å². The van der Waals surface area contributed by atoms with E-state index in [2.05, 4.69) is 5.32 Å². The second kappa shape index (κ2) is 6.97. The molecular formula is C13H27N3O. The lowest BCUT2D eigenvalue weighted by Crippen LogP contribution is -2.49. The monoisotopic (exact) mass is 241 g/mol. The van der Waals surface area contributed by atoms with E-state index in [1.165, 1.54) is 32.1 Å². The van der Waals surface area contributed by atoms with E-state index in [0.717, 1.165) is 0 Å². The fraction of sp³-hybridized carbons (Fsp3) is 0.923. The zero-order valence-electron chi connectivity index (χ0n) is 11.1. The lowest BCUT2D eigenvalue weighted by molar-refractivity contribution is -0.126. The number of amides is 1. The molecule has 4 heteroatoms. The first-order valence-electron chi connectivity index (χ1n) is 6.82. The van der Waals surface area contributed by atoms with Gasteiger partial charge in [0.25, 0.3) is 0 Å². The molecule has 0 saturated heterocycles. The molecule has 100 valence electrons. The normalized spacial score (nSPS) is 22.8. The van der Waals surface area contributed by atoms with Crippen LogP contribution < -0.4 is 16.8 Å². The van der Waals surface area contributed by atoms with Crippen molar-refractivity contribution in [3.05, 3.63) is 0 Å². The lowest BCUT2D eigenvalue weighted by Gasteiger charge is -2.31. The third-order valence-corrected chi connectivity index (χ3v) is 4.00. The summed E-state index contributed by atoms with van der Waals surface area (Å²) >= 11 is 0. The summed E-state index contributed by atoms with van der Waals surface area (Å²) in [6.45, 7) is 4.26. The largest absolute Gasteiger partial charge is 0.352 e. The minimum atomic E-state index is -0.146. The molecule has 0 bridgehead atoms. The molecule has 1 fully saturated rings. The molecule has 1 rings (SSSR count). The highest BCUT2D eigenvalue weighted by molar-refractivity contribution is 5.79. The first-order valence-corrected chi connectivity index (χ1v) is 6.82. The van der Waals surface area contributed by atoms with Crippen molar-refractivity contribution in [1.29, 1.82) is 0 Å². The van der Waals surface area contributed by atoms with E-state index in [1.54, 1.807) is 0 Å². The van der Waals surface area contributed by atoms with Gasteiger partial charge in [-0.1, -0.05) is 26.2 Å². The molecule has 4 nitrogen and oxygen atoms in total. The summed E-state index contributed by atoms with van der Waals surface area (Å²) < 4.78 is 0. The van der Waals surface area contributed by atoms with E-state index in [9.17, 15) is 4.79 Å². The maximum atomic E-state index is 11.9. The molecule has 3 atom stereocenters. The number of rotatable bonds is 5. The zero-order chi connectivity index (χ0) is 12.8. The topological polar surface area (TPSA) is 81.1 Å². The van der Waals surface area contributed by atoms with Crippen molar-refractivity contribution in [2.45, 2.75) is 58.0 Å². The predicted molar refractivity (Wildman–Crippen MR) is 70.4 cm³/mol. The summed E-state index contributed by atoms with van der Waals surface area (Å²) in [5.74, 6) is 0.451. The Balaban J connectivity index is 2.47. The van der Waals surface area contributed by atoms with E-state index in [0.29, 0.717) is 12.5 Å². The molecule has 0 aromatic carbocycles. The third kappa shape index (κ3) is 4.28. The quantitative estimate of drug-likeness (QED) is 0.671. The average Bonchev–Trinajstić information content (AvgIpc) is 2.35. The van der Waals surface area contributed by atoms with Crippen LogP contribution in [0.1, 0.15) is 46.0 Å². The second-order valence-corrected chi connectivity index (χ2v) is 5.40. The van der Waals surface area contributed by atoms with Crippen molar-refractivity contribution >= 4 is 5.91 Å². The Morgan fingerprint density at radius 2 is 1.88 bits per heavy atom. The number of nitrogens with two attached hydrogens (primary N) is 2. The van der Waals surface area contributed by atoms with Crippen LogP contribution in [0.5, 0.6) is 0 Å². The summed E-state index contributed by atoms with van der Waals surface area (Å²) in [7, 11) is 0. The molecule has 0 aromatic rings. The molecule has 0 radical (unpaired) electrons. The highest BCUT2D eigenvalue weighted by Crippen LogP contribution is 2.26. The van der Waals surface area contributed by atoms with Gasteiger partial charge in [-0.25, -0.2) is 0 Å². The van der Waals surface area contributed by atoms with Gasteiger partial charge in [0.05, 0.1) is 0 Å². The highest BCUT2D eigenvalue weighted by Gasteiger charge is 2.26. The molecule has 0 aromatic heterocycles. The Morgan fingerprint density at radius 3 is 2.35 bits per heavy atom. The number of carbonyl (C=O) groups is 1. The Morgan fingerprint density at radius 1 is 1.29 bits per heavy atom. The Kier molecular flexibility index (Phi) is 5.92. The second-order valence-electron chi connectivity index (χ2n) is 5.40. The van der Waals surface area contributed by atoms with E-state index in [1.807, 2.05) is 13.8 Å². The van der Waals surface area contributed by atoms with E-state index in [-0.39, 0.29) is 23.9 Å². The molecule has 1 aliphatic carbocycles. The van der Waals surface area contributed by atoms with Gasteiger partial charge in [0.1, 0.15) is 0 Å².